The second kappa shape index (κ2) is 7.95. The fourth-order valence-corrected chi connectivity index (χ4v) is 2.95. The van der Waals surface area contributed by atoms with Gasteiger partial charge in [-0.2, -0.15) is 0 Å². The highest BCUT2D eigenvalue weighted by atomic mass is 35.5. The number of fused-ring (bicyclic) bond motifs is 1. The Morgan fingerprint density at radius 3 is 2.68 bits per heavy atom. The van der Waals surface area contributed by atoms with E-state index in [0.29, 0.717) is 13.1 Å². The summed E-state index contributed by atoms with van der Waals surface area (Å²) in [5.74, 6) is 0.0308. The van der Waals surface area contributed by atoms with E-state index in [1.165, 1.54) is 24.0 Å². The molecule has 0 heterocycles. The maximum atomic E-state index is 12.1. The van der Waals surface area contributed by atoms with Gasteiger partial charge in [0.2, 0.25) is 5.91 Å². The summed E-state index contributed by atoms with van der Waals surface area (Å²) < 4.78 is 0. The van der Waals surface area contributed by atoms with E-state index in [2.05, 4.69) is 31.3 Å². The van der Waals surface area contributed by atoms with Crippen LogP contribution >= 0.6 is 12.4 Å². The minimum absolute atomic E-state index is 0. The molecule has 0 radical (unpaired) electrons. The number of nitrogens with two attached hydrogens (primary N) is 1. The number of anilines is 1. The van der Waals surface area contributed by atoms with E-state index in [-0.39, 0.29) is 23.7 Å². The lowest BCUT2D eigenvalue weighted by Gasteiger charge is -2.28. The van der Waals surface area contributed by atoms with Gasteiger partial charge in [-0.15, -0.1) is 12.4 Å². The van der Waals surface area contributed by atoms with Crippen molar-refractivity contribution in [3.05, 3.63) is 29.3 Å². The van der Waals surface area contributed by atoms with Gasteiger partial charge in [0.05, 0.1) is 6.54 Å². The van der Waals surface area contributed by atoms with Crippen LogP contribution in [0.25, 0.3) is 0 Å². The summed E-state index contributed by atoms with van der Waals surface area (Å²) in [7, 11) is 1.96. The minimum atomic E-state index is 0. The molecular weight excluding hydrogens is 298 g/mol. The van der Waals surface area contributed by atoms with E-state index >= 15 is 0 Å². The molecule has 1 aromatic rings. The van der Waals surface area contributed by atoms with E-state index in [1.807, 2.05) is 18.0 Å². The van der Waals surface area contributed by atoms with Crippen molar-refractivity contribution in [2.75, 3.05) is 32.0 Å². The number of nitrogens with zero attached hydrogens (tertiary/aromatic N) is 1. The van der Waals surface area contributed by atoms with Crippen LogP contribution < -0.4 is 11.1 Å². The molecule has 0 unspecified atom stereocenters. The number of hydrogen-bond donors (Lipinski definition) is 2. The second-order valence-electron chi connectivity index (χ2n) is 6.93. The van der Waals surface area contributed by atoms with E-state index in [4.69, 9.17) is 5.73 Å². The Kier molecular flexibility index (Phi) is 6.85. The molecule has 0 saturated heterocycles. The van der Waals surface area contributed by atoms with E-state index in [1.54, 1.807) is 0 Å². The van der Waals surface area contributed by atoms with Gasteiger partial charge in [-0.25, -0.2) is 0 Å². The largest absolute Gasteiger partial charge is 0.330 e. The summed E-state index contributed by atoms with van der Waals surface area (Å²) in [5.41, 5.74) is 9.48. The Morgan fingerprint density at radius 2 is 2.00 bits per heavy atom. The molecule has 0 bridgehead atoms. The molecule has 0 fully saturated rings. The van der Waals surface area contributed by atoms with Gasteiger partial charge in [-0.05, 0) is 61.5 Å². The number of carbonyl (C=O) groups is 1. The van der Waals surface area contributed by atoms with Crippen LogP contribution in [0.15, 0.2) is 18.2 Å². The number of nitrogens with one attached hydrogen (secondary N) is 1. The van der Waals surface area contributed by atoms with Crippen LogP contribution in [0.4, 0.5) is 5.69 Å². The fraction of sp³-hybridized carbons (Fsp3) is 0.588. The van der Waals surface area contributed by atoms with Gasteiger partial charge in [0.1, 0.15) is 0 Å². The Balaban J connectivity index is 0.00000242. The highest BCUT2D eigenvalue weighted by Gasteiger charge is 2.19. The fourth-order valence-electron chi connectivity index (χ4n) is 2.95. The van der Waals surface area contributed by atoms with Gasteiger partial charge in [0, 0.05) is 12.2 Å². The summed E-state index contributed by atoms with van der Waals surface area (Å²) in [6.07, 6.45) is 3.52. The summed E-state index contributed by atoms with van der Waals surface area (Å²) in [5, 5.41) is 2.99. The molecular formula is C17H28ClN3O. The van der Waals surface area contributed by atoms with Crippen LogP contribution in [-0.4, -0.2) is 37.5 Å². The van der Waals surface area contributed by atoms with Crippen molar-refractivity contribution in [3.63, 3.8) is 0 Å². The molecule has 22 heavy (non-hydrogen) atoms. The van der Waals surface area contributed by atoms with Crippen molar-refractivity contribution in [1.29, 1.82) is 0 Å². The third-order valence-corrected chi connectivity index (χ3v) is 4.05. The van der Waals surface area contributed by atoms with Crippen molar-refractivity contribution in [1.82, 2.24) is 4.90 Å². The topological polar surface area (TPSA) is 58.4 Å². The smallest absolute Gasteiger partial charge is 0.238 e. The van der Waals surface area contributed by atoms with Crippen molar-refractivity contribution in [3.8, 4) is 0 Å². The normalized spacial score (nSPS) is 13.7. The lowest BCUT2D eigenvalue weighted by molar-refractivity contribution is -0.117. The van der Waals surface area contributed by atoms with Gasteiger partial charge in [0.25, 0.3) is 0 Å². The Labute approximate surface area is 139 Å². The molecule has 1 aliphatic carbocycles. The Hall–Kier alpha value is -1.10. The lowest BCUT2D eigenvalue weighted by Crippen LogP contribution is -2.40. The zero-order chi connectivity index (χ0) is 15.5. The zero-order valence-corrected chi connectivity index (χ0v) is 14.6. The van der Waals surface area contributed by atoms with Crippen LogP contribution in [0.2, 0.25) is 0 Å². The summed E-state index contributed by atoms with van der Waals surface area (Å²) in [6.45, 7) is 6.04. The SMILES string of the molecule is CN(CC(=O)Nc1ccc2c(c1)CCC2)CC(C)(C)CN.Cl. The molecule has 124 valence electrons. The number of likely N-dealkylation sites (N-methyl/N-ethyl adjacent to an activating group) is 1. The van der Waals surface area contributed by atoms with E-state index < -0.39 is 0 Å². The lowest BCUT2D eigenvalue weighted by atomic mass is 9.93. The third-order valence-electron chi connectivity index (χ3n) is 4.05. The van der Waals surface area contributed by atoms with Gasteiger partial charge >= 0.3 is 0 Å². The highest BCUT2D eigenvalue weighted by Crippen LogP contribution is 2.24. The van der Waals surface area contributed by atoms with Gasteiger partial charge < -0.3 is 11.1 Å². The molecule has 0 aromatic heterocycles. The number of rotatable bonds is 6. The predicted molar refractivity (Wildman–Crippen MR) is 94.7 cm³/mol. The predicted octanol–water partition coefficient (Wildman–Crippen LogP) is 2.45. The molecule has 0 spiro atoms. The molecule has 1 aliphatic rings. The molecule has 0 atom stereocenters. The average molecular weight is 326 g/mol. The number of benzene rings is 1. The van der Waals surface area contributed by atoms with E-state index in [0.717, 1.165) is 18.7 Å². The maximum Gasteiger partial charge on any atom is 0.238 e. The monoisotopic (exact) mass is 325 g/mol. The maximum absolute atomic E-state index is 12.1. The van der Waals surface area contributed by atoms with Gasteiger partial charge in [-0.1, -0.05) is 19.9 Å². The molecule has 0 aliphatic heterocycles. The molecule has 1 aromatic carbocycles. The van der Waals surface area contributed by atoms with Gasteiger partial charge in [-0.3, -0.25) is 9.69 Å². The molecule has 2 rings (SSSR count). The summed E-state index contributed by atoms with van der Waals surface area (Å²) in [4.78, 5) is 14.1. The average Bonchev–Trinajstić information content (AvgIpc) is 2.85. The first-order valence-electron chi connectivity index (χ1n) is 7.70. The molecule has 0 saturated carbocycles. The van der Waals surface area contributed by atoms with Crippen LogP contribution in [0.1, 0.15) is 31.4 Å². The van der Waals surface area contributed by atoms with E-state index in [9.17, 15) is 4.79 Å². The van der Waals surface area contributed by atoms with Crippen molar-refractivity contribution in [2.24, 2.45) is 11.1 Å². The van der Waals surface area contributed by atoms with Crippen LogP contribution in [0.3, 0.4) is 0 Å². The first-order chi connectivity index (χ1) is 9.89. The third kappa shape index (κ3) is 5.27. The first-order valence-corrected chi connectivity index (χ1v) is 7.70. The highest BCUT2D eigenvalue weighted by molar-refractivity contribution is 5.92. The first kappa shape index (κ1) is 18.9. The molecule has 5 heteroatoms. The number of aryl methyl sites for hydroxylation is 2. The summed E-state index contributed by atoms with van der Waals surface area (Å²) in [6, 6.07) is 6.26. The van der Waals surface area contributed by atoms with Crippen LogP contribution in [0.5, 0.6) is 0 Å². The molecule has 3 N–H and O–H groups in total. The number of carbonyl (C=O) groups excluding carboxylic acids is 1. The van der Waals surface area contributed by atoms with Crippen LogP contribution in [0, 0.1) is 5.41 Å². The Bertz CT molecular complexity index is 517. The minimum Gasteiger partial charge on any atom is -0.330 e. The number of amides is 1. The standard InChI is InChI=1S/C17H27N3O.ClH/c1-17(2,11-18)12-20(3)10-16(21)19-15-8-7-13-5-4-6-14(13)9-15;/h7-9H,4-6,10-12,18H2,1-3H3,(H,19,21);1H. The number of halogens is 1. The summed E-state index contributed by atoms with van der Waals surface area (Å²) >= 11 is 0. The van der Waals surface area contributed by atoms with Crippen LogP contribution in [-0.2, 0) is 17.6 Å². The van der Waals surface area contributed by atoms with Crippen molar-refractivity contribution >= 4 is 24.0 Å². The molecule has 1 amide bonds. The second-order valence-corrected chi connectivity index (χ2v) is 6.93. The van der Waals surface area contributed by atoms with Gasteiger partial charge in [0.15, 0.2) is 0 Å². The quantitative estimate of drug-likeness (QED) is 0.844. The number of hydrogen-bond acceptors (Lipinski definition) is 3. The van der Waals surface area contributed by atoms with Crippen molar-refractivity contribution in [2.45, 2.75) is 33.1 Å². The zero-order valence-electron chi connectivity index (χ0n) is 13.8. The Morgan fingerprint density at radius 1 is 1.32 bits per heavy atom. The molecule has 4 nitrogen and oxygen atoms in total. The van der Waals surface area contributed by atoms with Crippen molar-refractivity contribution < 1.29 is 4.79 Å².